The summed E-state index contributed by atoms with van der Waals surface area (Å²) in [5.41, 5.74) is 1.25. The number of carbonyl (C=O) groups excluding carboxylic acids is 1. The molecule has 0 fully saturated rings. The van der Waals surface area contributed by atoms with Crippen LogP contribution in [0.4, 0.5) is 4.39 Å². The lowest BCUT2D eigenvalue weighted by molar-refractivity contribution is 0.0954. The molecule has 0 aliphatic heterocycles. The second-order valence-electron chi connectivity index (χ2n) is 6.75. The molecule has 0 radical (unpaired) electrons. The van der Waals surface area contributed by atoms with E-state index in [1.165, 1.54) is 12.3 Å². The molecule has 31 heavy (non-hydrogen) atoms. The minimum Gasteiger partial charge on any atom is -0.436 e. The Morgan fingerprint density at radius 3 is 2.71 bits per heavy atom. The number of amides is 1. The molecule has 0 atom stereocenters. The highest BCUT2D eigenvalue weighted by Gasteiger charge is 2.18. The summed E-state index contributed by atoms with van der Waals surface area (Å²) < 4.78 is 22.3. The van der Waals surface area contributed by atoms with Crippen LogP contribution in [0.15, 0.2) is 59.1 Å². The van der Waals surface area contributed by atoms with Crippen molar-refractivity contribution in [3.8, 4) is 22.8 Å². The topological polar surface area (TPSA) is 88.7 Å². The number of halogens is 1. The molecule has 0 aliphatic carbocycles. The van der Waals surface area contributed by atoms with Gasteiger partial charge in [0.1, 0.15) is 11.6 Å². The summed E-state index contributed by atoms with van der Waals surface area (Å²) >= 11 is 5.18. The van der Waals surface area contributed by atoms with Crippen LogP contribution in [0.1, 0.15) is 23.1 Å². The second kappa shape index (κ2) is 9.05. The van der Waals surface area contributed by atoms with Crippen LogP contribution in [0.2, 0.25) is 0 Å². The third-order valence-electron chi connectivity index (χ3n) is 4.83. The van der Waals surface area contributed by atoms with Gasteiger partial charge in [0.25, 0.3) is 5.91 Å². The molecule has 0 saturated heterocycles. The summed E-state index contributed by atoms with van der Waals surface area (Å²) in [5.74, 6) is 0.657. The van der Waals surface area contributed by atoms with E-state index >= 15 is 0 Å². The van der Waals surface area contributed by atoms with Gasteiger partial charge in [0.2, 0.25) is 5.89 Å². The Morgan fingerprint density at radius 2 is 1.94 bits per heavy atom. The van der Waals surface area contributed by atoms with Crippen molar-refractivity contribution in [3.05, 3.63) is 76.7 Å². The molecule has 2 aromatic heterocycles. The number of hydrogen-bond acceptors (Lipinski definition) is 5. The van der Waals surface area contributed by atoms with E-state index in [1.54, 1.807) is 42.5 Å². The molecule has 0 spiro atoms. The molecule has 2 N–H and O–H groups in total. The highest BCUT2D eigenvalue weighted by molar-refractivity contribution is 7.71. The molecule has 0 aliphatic rings. The van der Waals surface area contributed by atoms with Crippen LogP contribution in [0.5, 0.6) is 0 Å². The zero-order valence-corrected chi connectivity index (χ0v) is 17.6. The largest absolute Gasteiger partial charge is 0.436 e. The van der Waals surface area contributed by atoms with Crippen molar-refractivity contribution in [1.82, 2.24) is 25.1 Å². The molecule has 2 heterocycles. The molecular weight excluding hydrogens is 417 g/mol. The van der Waals surface area contributed by atoms with Gasteiger partial charge >= 0.3 is 0 Å². The first-order valence-electron chi connectivity index (χ1n) is 9.81. The lowest BCUT2D eigenvalue weighted by atomic mass is 10.1. The minimum absolute atomic E-state index is 0.246. The fourth-order valence-electron chi connectivity index (χ4n) is 3.30. The van der Waals surface area contributed by atoms with E-state index in [0.29, 0.717) is 46.7 Å². The van der Waals surface area contributed by atoms with Crippen LogP contribution in [-0.2, 0) is 13.0 Å². The van der Waals surface area contributed by atoms with E-state index in [2.05, 4.69) is 20.5 Å². The molecule has 9 heteroatoms. The predicted molar refractivity (Wildman–Crippen MR) is 116 cm³/mol. The maximum Gasteiger partial charge on any atom is 0.252 e. The van der Waals surface area contributed by atoms with Crippen molar-refractivity contribution in [3.63, 3.8) is 0 Å². The van der Waals surface area contributed by atoms with Gasteiger partial charge in [0.05, 0.1) is 17.3 Å². The summed E-state index contributed by atoms with van der Waals surface area (Å²) in [6.07, 6.45) is 1.99. The number of benzene rings is 2. The Labute approximate surface area is 183 Å². The van der Waals surface area contributed by atoms with Crippen molar-refractivity contribution >= 4 is 18.1 Å². The average molecular weight is 438 g/mol. The maximum absolute atomic E-state index is 14.1. The summed E-state index contributed by atoms with van der Waals surface area (Å²) in [6.45, 7) is 3.07. The lowest BCUT2D eigenvalue weighted by Gasteiger charge is -2.08. The van der Waals surface area contributed by atoms with E-state index in [4.69, 9.17) is 16.6 Å². The number of nitrogens with one attached hydrogen (secondary N) is 2. The van der Waals surface area contributed by atoms with Gasteiger partial charge in [-0.05, 0) is 43.4 Å². The number of carbonyl (C=O) groups is 1. The molecule has 7 nitrogen and oxygen atoms in total. The molecule has 2 aromatic carbocycles. The van der Waals surface area contributed by atoms with Crippen LogP contribution in [0, 0.1) is 10.6 Å². The monoisotopic (exact) mass is 437 g/mol. The molecule has 0 saturated carbocycles. The van der Waals surface area contributed by atoms with Gasteiger partial charge in [-0.2, -0.15) is 5.10 Å². The van der Waals surface area contributed by atoms with Crippen molar-refractivity contribution in [2.24, 2.45) is 0 Å². The Bertz CT molecular complexity index is 1280. The Hall–Kier alpha value is -3.59. The molecule has 0 unspecified atom stereocenters. The zero-order chi connectivity index (χ0) is 21.8. The number of oxazole rings is 1. The van der Waals surface area contributed by atoms with Crippen LogP contribution < -0.4 is 5.32 Å². The number of nitrogens with zero attached hydrogens (tertiary/aromatic N) is 3. The predicted octanol–water partition coefficient (Wildman–Crippen LogP) is 4.39. The number of aromatic amines is 1. The smallest absolute Gasteiger partial charge is 0.252 e. The summed E-state index contributed by atoms with van der Waals surface area (Å²) in [5, 5.41) is 9.86. The summed E-state index contributed by atoms with van der Waals surface area (Å²) in [6, 6.07) is 13.3. The normalized spacial score (nSPS) is 10.9. The Kier molecular flexibility index (Phi) is 6.03. The number of rotatable bonds is 7. The zero-order valence-electron chi connectivity index (χ0n) is 16.8. The van der Waals surface area contributed by atoms with Gasteiger partial charge in [0.15, 0.2) is 10.5 Å². The molecule has 0 bridgehead atoms. The van der Waals surface area contributed by atoms with E-state index in [9.17, 15) is 9.18 Å². The number of aromatic nitrogens is 4. The van der Waals surface area contributed by atoms with Gasteiger partial charge in [0, 0.05) is 25.1 Å². The minimum atomic E-state index is -0.402. The third kappa shape index (κ3) is 4.31. The van der Waals surface area contributed by atoms with Crippen molar-refractivity contribution in [2.45, 2.75) is 19.9 Å². The molecule has 4 rings (SSSR count). The van der Waals surface area contributed by atoms with Crippen LogP contribution in [-0.4, -0.2) is 32.2 Å². The van der Waals surface area contributed by atoms with Crippen molar-refractivity contribution < 1.29 is 13.6 Å². The van der Waals surface area contributed by atoms with E-state index in [1.807, 2.05) is 11.5 Å². The molecular formula is C22H20FN5O2S. The first kappa shape index (κ1) is 20.7. The quantitative estimate of drug-likeness (QED) is 0.419. The van der Waals surface area contributed by atoms with Gasteiger partial charge in [-0.1, -0.05) is 24.3 Å². The number of hydrogen-bond donors (Lipinski definition) is 2. The van der Waals surface area contributed by atoms with Crippen LogP contribution in [0.3, 0.4) is 0 Å². The van der Waals surface area contributed by atoms with E-state index in [0.717, 1.165) is 5.82 Å². The highest BCUT2D eigenvalue weighted by Crippen LogP contribution is 2.29. The summed E-state index contributed by atoms with van der Waals surface area (Å²) in [4.78, 5) is 17.1. The van der Waals surface area contributed by atoms with Crippen LogP contribution >= 0.6 is 12.2 Å². The average Bonchev–Trinajstić information content (AvgIpc) is 3.41. The fourth-order valence-corrected chi connectivity index (χ4v) is 3.58. The van der Waals surface area contributed by atoms with Gasteiger partial charge in [-0.15, -0.1) is 0 Å². The third-order valence-corrected chi connectivity index (χ3v) is 5.15. The van der Waals surface area contributed by atoms with E-state index in [-0.39, 0.29) is 11.8 Å². The Balaban J connectivity index is 1.52. The number of H-pyrrole nitrogens is 1. The van der Waals surface area contributed by atoms with Crippen LogP contribution in [0.25, 0.3) is 22.8 Å². The lowest BCUT2D eigenvalue weighted by Crippen LogP contribution is -2.27. The maximum atomic E-state index is 14.1. The first-order valence-corrected chi connectivity index (χ1v) is 10.2. The van der Waals surface area contributed by atoms with Gasteiger partial charge < -0.3 is 14.3 Å². The van der Waals surface area contributed by atoms with Crippen molar-refractivity contribution in [2.75, 3.05) is 6.54 Å². The molecule has 158 valence electrons. The fraction of sp³-hybridized carbons (Fsp3) is 0.182. The molecule has 1 amide bonds. The SMILES string of the molecule is CCn1c(CCNC(=O)c2ccccc2-c2ncc(-c3ccccc3F)o2)n[nH]c1=S. The van der Waals surface area contributed by atoms with E-state index < -0.39 is 5.82 Å². The van der Waals surface area contributed by atoms with Crippen molar-refractivity contribution in [1.29, 1.82) is 0 Å². The standard InChI is InChI=1S/C22H20FN5O2S/c1-2-28-19(26-27-22(28)31)11-12-24-20(29)14-7-3-4-8-15(14)21-25-13-18(30-21)16-9-5-6-10-17(16)23/h3-10,13H,2,11-12H2,1H3,(H,24,29)(H,27,31). The molecule has 4 aromatic rings. The second-order valence-corrected chi connectivity index (χ2v) is 7.14. The van der Waals surface area contributed by atoms with Gasteiger partial charge in [-0.3, -0.25) is 9.89 Å². The van der Waals surface area contributed by atoms with Gasteiger partial charge in [-0.25, -0.2) is 9.37 Å². The highest BCUT2D eigenvalue weighted by atomic mass is 32.1. The summed E-state index contributed by atoms with van der Waals surface area (Å²) in [7, 11) is 0. The first-order chi connectivity index (χ1) is 15.1. The Morgan fingerprint density at radius 1 is 1.19 bits per heavy atom.